The van der Waals surface area contributed by atoms with Gasteiger partial charge in [-0.2, -0.15) is 0 Å². The zero-order valence-electron chi connectivity index (χ0n) is 9.95. The summed E-state index contributed by atoms with van der Waals surface area (Å²) in [6, 6.07) is 12.6. The lowest BCUT2D eigenvalue weighted by Crippen LogP contribution is -2.11. The Hall–Kier alpha value is -1.54. The molecule has 2 rings (SSSR count). The first-order valence-electron chi connectivity index (χ1n) is 5.55. The van der Waals surface area contributed by atoms with E-state index in [2.05, 4.69) is 31.3 Å². The summed E-state index contributed by atoms with van der Waals surface area (Å²) >= 11 is 0. The number of benzene rings is 1. The molecule has 0 aliphatic rings. The lowest BCUT2D eigenvalue weighted by atomic mass is 10.1. The summed E-state index contributed by atoms with van der Waals surface area (Å²) in [5.74, 6) is 1.91. The Kier molecular flexibility index (Phi) is 3.11. The van der Waals surface area contributed by atoms with Crippen LogP contribution in [0, 0.1) is 6.92 Å². The molecule has 1 aromatic heterocycles. The van der Waals surface area contributed by atoms with E-state index in [4.69, 9.17) is 4.42 Å². The van der Waals surface area contributed by atoms with Gasteiger partial charge in [-0.15, -0.1) is 0 Å². The maximum atomic E-state index is 5.84. The minimum atomic E-state index is 0.248. The molecule has 1 heterocycles. The molecule has 1 aromatic carbocycles. The van der Waals surface area contributed by atoms with Gasteiger partial charge >= 0.3 is 0 Å². The maximum Gasteiger partial charge on any atom is 0.134 e. The zero-order chi connectivity index (χ0) is 11.5. The van der Waals surface area contributed by atoms with Crippen molar-refractivity contribution in [1.82, 2.24) is 5.32 Å². The van der Waals surface area contributed by atoms with Crippen molar-refractivity contribution in [2.24, 2.45) is 0 Å². The summed E-state index contributed by atoms with van der Waals surface area (Å²) in [7, 11) is 1.93. The SMILES string of the molecule is CNC(C)c1ccc(-c2ccccc2C)o1. The number of nitrogens with one attached hydrogen (secondary N) is 1. The van der Waals surface area contributed by atoms with Crippen LogP contribution in [-0.2, 0) is 0 Å². The minimum absolute atomic E-state index is 0.248. The van der Waals surface area contributed by atoms with Crippen LogP contribution in [-0.4, -0.2) is 7.05 Å². The molecule has 0 spiro atoms. The highest BCUT2D eigenvalue weighted by molar-refractivity contribution is 5.61. The standard InChI is InChI=1S/C14H17NO/c1-10-6-4-5-7-12(10)14-9-8-13(16-14)11(2)15-3/h4-9,11,15H,1-3H3. The molecule has 84 valence electrons. The molecule has 0 aliphatic heterocycles. The molecule has 2 nitrogen and oxygen atoms in total. The molecule has 0 saturated heterocycles. The first-order valence-corrected chi connectivity index (χ1v) is 5.55. The van der Waals surface area contributed by atoms with Gasteiger partial charge < -0.3 is 9.73 Å². The summed E-state index contributed by atoms with van der Waals surface area (Å²) in [4.78, 5) is 0. The third-order valence-electron chi connectivity index (χ3n) is 2.90. The van der Waals surface area contributed by atoms with Gasteiger partial charge in [-0.3, -0.25) is 0 Å². The smallest absolute Gasteiger partial charge is 0.134 e. The van der Waals surface area contributed by atoms with E-state index in [0.29, 0.717) is 0 Å². The van der Waals surface area contributed by atoms with Crippen molar-refractivity contribution >= 4 is 0 Å². The second-order valence-corrected chi connectivity index (χ2v) is 4.03. The second kappa shape index (κ2) is 4.54. The summed E-state index contributed by atoms with van der Waals surface area (Å²) in [6.07, 6.45) is 0. The Bertz CT molecular complexity index is 473. The van der Waals surface area contributed by atoms with E-state index in [1.165, 1.54) is 5.56 Å². The molecule has 1 N–H and O–H groups in total. The highest BCUT2D eigenvalue weighted by Crippen LogP contribution is 2.27. The third kappa shape index (κ3) is 2.02. The summed E-state index contributed by atoms with van der Waals surface area (Å²) < 4.78 is 5.84. The molecule has 0 amide bonds. The first kappa shape index (κ1) is 11.0. The van der Waals surface area contributed by atoms with Crippen LogP contribution < -0.4 is 5.32 Å². The number of rotatable bonds is 3. The molecule has 0 saturated carbocycles. The highest BCUT2D eigenvalue weighted by Gasteiger charge is 2.10. The normalized spacial score (nSPS) is 12.7. The van der Waals surface area contributed by atoms with Gasteiger partial charge in [-0.05, 0) is 38.6 Å². The zero-order valence-corrected chi connectivity index (χ0v) is 9.95. The van der Waals surface area contributed by atoms with Crippen LogP contribution in [0.25, 0.3) is 11.3 Å². The number of aryl methyl sites for hydroxylation is 1. The summed E-state index contributed by atoms with van der Waals surface area (Å²) in [6.45, 7) is 4.18. The fourth-order valence-corrected chi connectivity index (χ4v) is 1.72. The Morgan fingerprint density at radius 3 is 2.56 bits per heavy atom. The van der Waals surface area contributed by atoms with Gasteiger partial charge in [0.1, 0.15) is 11.5 Å². The van der Waals surface area contributed by atoms with Crippen LogP contribution in [0.2, 0.25) is 0 Å². The first-order chi connectivity index (χ1) is 7.72. The van der Waals surface area contributed by atoms with E-state index in [1.807, 2.05) is 31.3 Å². The van der Waals surface area contributed by atoms with Gasteiger partial charge in [0.15, 0.2) is 0 Å². The Balaban J connectivity index is 2.35. The Labute approximate surface area is 96.3 Å². The highest BCUT2D eigenvalue weighted by atomic mass is 16.3. The summed E-state index contributed by atoms with van der Waals surface area (Å²) in [5, 5.41) is 3.17. The molecule has 0 bridgehead atoms. The maximum absolute atomic E-state index is 5.84. The van der Waals surface area contributed by atoms with Gasteiger partial charge in [0.05, 0.1) is 6.04 Å². The third-order valence-corrected chi connectivity index (χ3v) is 2.90. The van der Waals surface area contributed by atoms with Crippen molar-refractivity contribution in [3.8, 4) is 11.3 Å². The molecule has 2 aromatic rings. The fraction of sp³-hybridized carbons (Fsp3) is 0.286. The van der Waals surface area contributed by atoms with Gasteiger partial charge in [0.25, 0.3) is 0 Å². The van der Waals surface area contributed by atoms with E-state index in [0.717, 1.165) is 17.1 Å². The fourth-order valence-electron chi connectivity index (χ4n) is 1.72. The van der Waals surface area contributed by atoms with Crippen LogP contribution in [0.3, 0.4) is 0 Å². The van der Waals surface area contributed by atoms with E-state index in [-0.39, 0.29) is 6.04 Å². The largest absolute Gasteiger partial charge is 0.459 e. The quantitative estimate of drug-likeness (QED) is 0.847. The Morgan fingerprint density at radius 1 is 1.12 bits per heavy atom. The average molecular weight is 215 g/mol. The van der Waals surface area contributed by atoms with Crippen LogP contribution in [0.5, 0.6) is 0 Å². The topological polar surface area (TPSA) is 25.2 Å². The lowest BCUT2D eigenvalue weighted by molar-refractivity contribution is 0.458. The van der Waals surface area contributed by atoms with Crippen LogP contribution in [0.15, 0.2) is 40.8 Å². The van der Waals surface area contributed by atoms with E-state index in [1.54, 1.807) is 0 Å². The second-order valence-electron chi connectivity index (χ2n) is 4.03. The van der Waals surface area contributed by atoms with Crippen molar-refractivity contribution in [1.29, 1.82) is 0 Å². The monoisotopic (exact) mass is 215 g/mol. The van der Waals surface area contributed by atoms with Crippen molar-refractivity contribution < 1.29 is 4.42 Å². The molecular formula is C14H17NO. The average Bonchev–Trinajstić information content (AvgIpc) is 2.78. The van der Waals surface area contributed by atoms with E-state index >= 15 is 0 Å². The molecule has 0 radical (unpaired) electrons. The Morgan fingerprint density at radius 2 is 1.88 bits per heavy atom. The minimum Gasteiger partial charge on any atom is -0.459 e. The van der Waals surface area contributed by atoms with Gasteiger partial charge in [-0.1, -0.05) is 24.3 Å². The van der Waals surface area contributed by atoms with Crippen molar-refractivity contribution in [2.45, 2.75) is 19.9 Å². The molecular weight excluding hydrogens is 198 g/mol. The van der Waals surface area contributed by atoms with Gasteiger partial charge in [0, 0.05) is 5.56 Å². The van der Waals surface area contributed by atoms with Gasteiger partial charge in [0.2, 0.25) is 0 Å². The van der Waals surface area contributed by atoms with Crippen molar-refractivity contribution in [3.63, 3.8) is 0 Å². The van der Waals surface area contributed by atoms with E-state index < -0.39 is 0 Å². The number of furan rings is 1. The molecule has 2 heteroatoms. The van der Waals surface area contributed by atoms with Crippen molar-refractivity contribution in [2.75, 3.05) is 7.05 Å². The van der Waals surface area contributed by atoms with Crippen molar-refractivity contribution in [3.05, 3.63) is 47.7 Å². The van der Waals surface area contributed by atoms with Crippen LogP contribution in [0.4, 0.5) is 0 Å². The lowest BCUT2D eigenvalue weighted by Gasteiger charge is -2.06. The predicted octanol–water partition coefficient (Wildman–Crippen LogP) is 3.54. The number of hydrogen-bond donors (Lipinski definition) is 1. The van der Waals surface area contributed by atoms with E-state index in [9.17, 15) is 0 Å². The molecule has 0 fully saturated rings. The van der Waals surface area contributed by atoms with Crippen LogP contribution in [0.1, 0.15) is 24.3 Å². The number of hydrogen-bond acceptors (Lipinski definition) is 2. The molecule has 1 unspecified atom stereocenters. The van der Waals surface area contributed by atoms with Gasteiger partial charge in [-0.25, -0.2) is 0 Å². The summed E-state index contributed by atoms with van der Waals surface area (Å²) in [5.41, 5.74) is 2.40. The molecule has 0 aliphatic carbocycles. The molecule has 1 atom stereocenters. The van der Waals surface area contributed by atoms with Crippen LogP contribution >= 0.6 is 0 Å². The predicted molar refractivity (Wildman–Crippen MR) is 66.4 cm³/mol. The molecule has 16 heavy (non-hydrogen) atoms.